The van der Waals surface area contributed by atoms with E-state index in [2.05, 4.69) is 20.9 Å². The summed E-state index contributed by atoms with van der Waals surface area (Å²) in [5, 5.41) is 0.583. The molecular formula is C11H11BrN2OS. The van der Waals surface area contributed by atoms with E-state index in [0.717, 1.165) is 20.7 Å². The minimum Gasteiger partial charge on any atom is -0.493 e. The van der Waals surface area contributed by atoms with E-state index in [9.17, 15) is 0 Å². The fourth-order valence-corrected chi connectivity index (χ4v) is 2.52. The Hall–Kier alpha value is -1.07. The van der Waals surface area contributed by atoms with Crippen molar-refractivity contribution < 1.29 is 4.74 Å². The van der Waals surface area contributed by atoms with Gasteiger partial charge in [0, 0.05) is 6.20 Å². The zero-order valence-corrected chi connectivity index (χ0v) is 11.1. The number of halogens is 1. The van der Waals surface area contributed by atoms with Crippen LogP contribution in [0, 0.1) is 0 Å². The highest BCUT2D eigenvalue weighted by Gasteiger charge is 2.06. The molecule has 0 radical (unpaired) electrons. The quantitative estimate of drug-likeness (QED) is 0.942. The highest BCUT2D eigenvalue weighted by Crippen LogP contribution is 2.33. The Kier molecular flexibility index (Phi) is 3.46. The normalized spacial score (nSPS) is 10.4. The highest BCUT2D eigenvalue weighted by atomic mass is 79.9. The van der Waals surface area contributed by atoms with Crippen molar-refractivity contribution in [3.63, 3.8) is 0 Å². The Labute approximate surface area is 106 Å². The fraction of sp³-hybridized carbons (Fsp3) is 0.182. The van der Waals surface area contributed by atoms with Gasteiger partial charge in [-0.1, -0.05) is 11.3 Å². The summed E-state index contributed by atoms with van der Waals surface area (Å²) in [6.45, 7) is 2.62. The van der Waals surface area contributed by atoms with Gasteiger partial charge in [0.2, 0.25) is 0 Å². The summed E-state index contributed by atoms with van der Waals surface area (Å²) in [5.41, 5.74) is 6.69. The van der Waals surface area contributed by atoms with Gasteiger partial charge < -0.3 is 10.5 Å². The summed E-state index contributed by atoms with van der Waals surface area (Å²) in [6, 6.07) is 5.96. The van der Waals surface area contributed by atoms with Crippen LogP contribution in [0.5, 0.6) is 5.75 Å². The van der Waals surface area contributed by atoms with Gasteiger partial charge >= 0.3 is 0 Å². The lowest BCUT2D eigenvalue weighted by molar-refractivity contribution is 0.338. The largest absolute Gasteiger partial charge is 0.493 e. The molecule has 5 heteroatoms. The van der Waals surface area contributed by atoms with Gasteiger partial charge in [-0.25, -0.2) is 4.98 Å². The van der Waals surface area contributed by atoms with Gasteiger partial charge in [-0.3, -0.25) is 0 Å². The van der Waals surface area contributed by atoms with Crippen LogP contribution >= 0.6 is 27.3 Å². The standard InChI is InChI=1S/C11H11BrN2OS/c1-2-15-9-4-3-7(5-8(9)12)10-6-14-11(13)16-10/h3-6H,2H2,1H3,(H2,13,14). The third kappa shape index (κ3) is 2.36. The first kappa shape index (κ1) is 11.4. The van der Waals surface area contributed by atoms with Crippen molar-refractivity contribution in [3.05, 3.63) is 28.9 Å². The van der Waals surface area contributed by atoms with Crippen LogP contribution in [0.4, 0.5) is 5.13 Å². The molecule has 0 unspecified atom stereocenters. The molecule has 0 aliphatic heterocycles. The van der Waals surface area contributed by atoms with Crippen LogP contribution in [0.3, 0.4) is 0 Å². The summed E-state index contributed by atoms with van der Waals surface area (Å²) in [6.07, 6.45) is 1.78. The summed E-state index contributed by atoms with van der Waals surface area (Å²) >= 11 is 4.95. The zero-order chi connectivity index (χ0) is 11.5. The van der Waals surface area contributed by atoms with E-state index < -0.39 is 0 Å². The van der Waals surface area contributed by atoms with Gasteiger partial charge in [0.25, 0.3) is 0 Å². The van der Waals surface area contributed by atoms with Gasteiger partial charge in [0.15, 0.2) is 5.13 Å². The van der Waals surface area contributed by atoms with E-state index in [4.69, 9.17) is 10.5 Å². The first-order chi connectivity index (χ1) is 7.70. The van der Waals surface area contributed by atoms with Crippen LogP contribution in [0.15, 0.2) is 28.9 Å². The summed E-state index contributed by atoms with van der Waals surface area (Å²) in [7, 11) is 0. The smallest absolute Gasteiger partial charge is 0.180 e. The lowest BCUT2D eigenvalue weighted by atomic mass is 10.2. The van der Waals surface area contributed by atoms with Crippen molar-refractivity contribution in [2.75, 3.05) is 12.3 Å². The molecule has 2 N–H and O–H groups in total. The first-order valence-electron chi connectivity index (χ1n) is 4.84. The molecule has 1 aromatic heterocycles. The molecular weight excluding hydrogens is 288 g/mol. The molecule has 84 valence electrons. The number of rotatable bonds is 3. The number of nitrogen functional groups attached to an aromatic ring is 1. The van der Waals surface area contributed by atoms with Gasteiger partial charge in [-0.15, -0.1) is 0 Å². The number of thiazole rings is 1. The Morgan fingerprint density at radius 1 is 1.50 bits per heavy atom. The van der Waals surface area contributed by atoms with Gasteiger partial charge in [-0.2, -0.15) is 0 Å². The summed E-state index contributed by atoms with van der Waals surface area (Å²) < 4.78 is 6.39. The van der Waals surface area contributed by atoms with Gasteiger partial charge in [-0.05, 0) is 46.6 Å². The summed E-state index contributed by atoms with van der Waals surface area (Å²) in [4.78, 5) is 5.09. The molecule has 2 aromatic rings. The van der Waals surface area contributed by atoms with Crippen LogP contribution < -0.4 is 10.5 Å². The van der Waals surface area contributed by atoms with Gasteiger partial charge in [0.05, 0.1) is 16.0 Å². The number of anilines is 1. The topological polar surface area (TPSA) is 48.1 Å². The van der Waals surface area contributed by atoms with Crippen molar-refractivity contribution in [3.8, 4) is 16.2 Å². The maximum absolute atomic E-state index is 5.60. The van der Waals surface area contributed by atoms with Crippen molar-refractivity contribution in [1.82, 2.24) is 4.98 Å². The van der Waals surface area contributed by atoms with Crippen LogP contribution in [0.25, 0.3) is 10.4 Å². The number of benzene rings is 1. The predicted octanol–water partition coefficient (Wildman–Crippen LogP) is 3.55. The molecule has 0 atom stereocenters. The minimum absolute atomic E-state index is 0.583. The second-order valence-corrected chi connectivity index (χ2v) is 5.06. The first-order valence-corrected chi connectivity index (χ1v) is 6.45. The number of hydrogen-bond donors (Lipinski definition) is 1. The molecule has 0 aliphatic rings. The van der Waals surface area contributed by atoms with Crippen LogP contribution in [-0.2, 0) is 0 Å². The molecule has 0 bridgehead atoms. The second kappa shape index (κ2) is 4.84. The Balaban J connectivity index is 2.34. The average Bonchev–Trinajstić information content (AvgIpc) is 2.68. The maximum atomic E-state index is 5.60. The maximum Gasteiger partial charge on any atom is 0.180 e. The molecule has 3 nitrogen and oxygen atoms in total. The van der Waals surface area contributed by atoms with Crippen molar-refractivity contribution in [1.29, 1.82) is 0 Å². The molecule has 1 aromatic carbocycles. The summed E-state index contributed by atoms with van der Waals surface area (Å²) in [5.74, 6) is 0.851. The van der Waals surface area contributed by atoms with E-state index in [-0.39, 0.29) is 0 Å². The molecule has 0 saturated carbocycles. The fourth-order valence-electron chi connectivity index (χ4n) is 1.35. The number of ether oxygens (including phenoxy) is 1. The molecule has 0 spiro atoms. The minimum atomic E-state index is 0.583. The van der Waals surface area contributed by atoms with E-state index >= 15 is 0 Å². The molecule has 0 fully saturated rings. The predicted molar refractivity (Wildman–Crippen MR) is 70.8 cm³/mol. The van der Waals surface area contributed by atoms with Crippen LogP contribution in [0.2, 0.25) is 0 Å². The molecule has 0 amide bonds. The number of hydrogen-bond acceptors (Lipinski definition) is 4. The molecule has 16 heavy (non-hydrogen) atoms. The Morgan fingerprint density at radius 2 is 2.31 bits per heavy atom. The van der Waals surface area contributed by atoms with E-state index in [1.165, 1.54) is 11.3 Å². The van der Waals surface area contributed by atoms with Crippen LogP contribution in [0.1, 0.15) is 6.92 Å². The van der Waals surface area contributed by atoms with Gasteiger partial charge in [0.1, 0.15) is 5.75 Å². The Morgan fingerprint density at radius 3 is 2.88 bits per heavy atom. The second-order valence-electron chi connectivity index (χ2n) is 3.14. The molecule has 0 saturated heterocycles. The lowest BCUT2D eigenvalue weighted by Gasteiger charge is -2.06. The third-order valence-corrected chi connectivity index (χ3v) is 3.54. The number of nitrogens with zero attached hydrogens (tertiary/aromatic N) is 1. The third-order valence-electron chi connectivity index (χ3n) is 2.04. The number of aromatic nitrogens is 1. The van der Waals surface area contributed by atoms with Crippen LogP contribution in [-0.4, -0.2) is 11.6 Å². The van der Waals surface area contributed by atoms with E-state index in [1.54, 1.807) is 6.20 Å². The van der Waals surface area contributed by atoms with E-state index in [0.29, 0.717) is 11.7 Å². The van der Waals surface area contributed by atoms with E-state index in [1.807, 2.05) is 25.1 Å². The highest BCUT2D eigenvalue weighted by molar-refractivity contribution is 9.10. The zero-order valence-electron chi connectivity index (χ0n) is 8.74. The lowest BCUT2D eigenvalue weighted by Crippen LogP contribution is -1.92. The van der Waals surface area contributed by atoms with Crippen molar-refractivity contribution >= 4 is 32.4 Å². The SMILES string of the molecule is CCOc1ccc(-c2cnc(N)s2)cc1Br. The molecule has 2 rings (SSSR count). The number of nitrogens with two attached hydrogens (primary N) is 1. The Bertz CT molecular complexity index is 498. The monoisotopic (exact) mass is 298 g/mol. The average molecular weight is 299 g/mol. The van der Waals surface area contributed by atoms with Crippen molar-refractivity contribution in [2.24, 2.45) is 0 Å². The molecule has 1 heterocycles. The van der Waals surface area contributed by atoms with Crippen molar-refractivity contribution in [2.45, 2.75) is 6.92 Å². The molecule has 0 aliphatic carbocycles.